The maximum absolute atomic E-state index is 12.1. The van der Waals surface area contributed by atoms with Crippen molar-refractivity contribution in [2.75, 3.05) is 13.7 Å². The summed E-state index contributed by atoms with van der Waals surface area (Å²) in [5.74, 6) is 0.617. The lowest BCUT2D eigenvalue weighted by Gasteiger charge is -2.24. The molecule has 0 saturated heterocycles. The number of hydrogen-bond donors (Lipinski definition) is 1. The van der Waals surface area contributed by atoms with Crippen molar-refractivity contribution in [3.05, 3.63) is 53.8 Å². The van der Waals surface area contributed by atoms with Gasteiger partial charge in [-0.2, -0.15) is 0 Å². The summed E-state index contributed by atoms with van der Waals surface area (Å²) in [7, 11) is 1.58. The van der Waals surface area contributed by atoms with Crippen molar-refractivity contribution >= 4 is 29.0 Å². The van der Waals surface area contributed by atoms with E-state index < -0.39 is 4.75 Å². The Bertz CT molecular complexity index is 768. The summed E-state index contributed by atoms with van der Waals surface area (Å²) in [6.07, 6.45) is 9.31. The van der Waals surface area contributed by atoms with E-state index in [0.29, 0.717) is 13.0 Å². The van der Waals surface area contributed by atoms with Crippen molar-refractivity contribution in [1.82, 2.24) is 5.32 Å². The molecule has 1 unspecified atom stereocenters. The number of amides is 1. The van der Waals surface area contributed by atoms with Crippen LogP contribution in [0.5, 0.6) is 5.75 Å². The van der Waals surface area contributed by atoms with E-state index in [2.05, 4.69) is 29.4 Å². The Balaban J connectivity index is 1.90. The Morgan fingerprint density at radius 1 is 1.36 bits per heavy atom. The highest BCUT2D eigenvalue weighted by molar-refractivity contribution is 8.13. The average Bonchev–Trinajstić information content (AvgIpc) is 2.94. The summed E-state index contributed by atoms with van der Waals surface area (Å²) in [4.78, 5) is 27.6. The highest BCUT2D eigenvalue weighted by atomic mass is 32.2. The van der Waals surface area contributed by atoms with Gasteiger partial charge in [0, 0.05) is 31.8 Å². The molecule has 1 aliphatic rings. The molecule has 1 amide bonds. The topological polar surface area (TPSA) is 67.8 Å². The third kappa shape index (κ3) is 6.37. The van der Waals surface area contributed by atoms with Crippen molar-refractivity contribution in [3.63, 3.8) is 0 Å². The molecule has 28 heavy (non-hydrogen) atoms. The van der Waals surface area contributed by atoms with Gasteiger partial charge >= 0.3 is 0 Å². The largest absolute Gasteiger partial charge is 0.493 e. The maximum Gasteiger partial charge on any atom is 0.236 e. The van der Waals surface area contributed by atoms with Gasteiger partial charge in [-0.1, -0.05) is 43.0 Å². The molecule has 5 nitrogen and oxygen atoms in total. The van der Waals surface area contributed by atoms with E-state index >= 15 is 0 Å². The van der Waals surface area contributed by atoms with Gasteiger partial charge in [0.25, 0.3) is 0 Å². The summed E-state index contributed by atoms with van der Waals surface area (Å²) < 4.78 is 5.01. The first-order chi connectivity index (χ1) is 13.5. The predicted molar refractivity (Wildman–Crippen MR) is 117 cm³/mol. The number of rotatable bonds is 10. The molecule has 6 heteroatoms. The van der Waals surface area contributed by atoms with E-state index in [1.165, 1.54) is 5.57 Å². The molecule has 1 aromatic rings. The molecule has 1 atom stereocenters. The van der Waals surface area contributed by atoms with Gasteiger partial charge in [0.1, 0.15) is 10.5 Å². The quantitative estimate of drug-likeness (QED) is 0.600. The first-order valence-electron chi connectivity index (χ1n) is 9.47. The van der Waals surface area contributed by atoms with Crippen molar-refractivity contribution in [3.8, 4) is 5.75 Å². The Morgan fingerprint density at radius 2 is 2.11 bits per heavy atom. The summed E-state index contributed by atoms with van der Waals surface area (Å²) in [5.41, 5.74) is 4.05. The zero-order valence-corrected chi connectivity index (χ0v) is 17.6. The lowest BCUT2D eigenvalue weighted by atomic mass is 9.99. The van der Waals surface area contributed by atoms with Gasteiger partial charge in [-0.05, 0) is 43.0 Å². The number of allylic oxidation sites excluding steroid dienone is 3. The van der Waals surface area contributed by atoms with Crippen LogP contribution in [0.25, 0.3) is 0 Å². The minimum atomic E-state index is -0.825. The molecule has 0 fully saturated rings. The van der Waals surface area contributed by atoms with Gasteiger partial charge in [0.05, 0.1) is 6.61 Å². The second-order valence-electron chi connectivity index (χ2n) is 6.80. The van der Waals surface area contributed by atoms with Gasteiger partial charge < -0.3 is 10.1 Å². The fraction of sp³-hybridized carbons (Fsp3) is 0.409. The summed E-state index contributed by atoms with van der Waals surface area (Å²) in [5, 5.41) is 2.63. The van der Waals surface area contributed by atoms with Gasteiger partial charge in [-0.15, -0.1) is 0 Å². The number of carbonyl (C=O) groups excluding carboxylic acids is 2. The zero-order chi connectivity index (χ0) is 20.4. The molecule has 0 saturated carbocycles. The zero-order valence-electron chi connectivity index (χ0n) is 16.7. The number of thioether (sulfide) groups is 1. The molecular formula is C22H28N2O3S. The summed E-state index contributed by atoms with van der Waals surface area (Å²) in [6.45, 7) is 4.46. The molecule has 1 N–H and O–H groups in total. The summed E-state index contributed by atoms with van der Waals surface area (Å²) in [6, 6.07) is 7.66. The molecule has 0 radical (unpaired) electrons. The number of aliphatic imine (C=N–C) groups is 1. The van der Waals surface area contributed by atoms with Crippen LogP contribution in [0.2, 0.25) is 0 Å². The Morgan fingerprint density at radius 3 is 2.75 bits per heavy atom. The Kier molecular flexibility index (Phi) is 8.51. The Hall–Kier alpha value is -2.34. The first-order valence-corrected chi connectivity index (χ1v) is 10.3. The smallest absolute Gasteiger partial charge is 0.236 e. The van der Waals surface area contributed by atoms with Crippen molar-refractivity contribution < 1.29 is 14.3 Å². The van der Waals surface area contributed by atoms with E-state index in [9.17, 15) is 9.59 Å². The van der Waals surface area contributed by atoms with Gasteiger partial charge in [-0.25, -0.2) is 0 Å². The normalized spacial score (nSPS) is 15.7. The van der Waals surface area contributed by atoms with E-state index in [1.54, 1.807) is 14.0 Å². The van der Waals surface area contributed by atoms with Crippen molar-refractivity contribution in [2.24, 2.45) is 4.99 Å². The number of benzene rings is 1. The van der Waals surface area contributed by atoms with Crippen LogP contribution in [0.15, 0.2) is 53.2 Å². The third-order valence-corrected chi connectivity index (χ3v) is 5.59. The Labute approximate surface area is 171 Å². The van der Waals surface area contributed by atoms with Crippen LogP contribution in [-0.2, 0) is 16.0 Å². The maximum atomic E-state index is 12.1. The van der Waals surface area contributed by atoms with Crippen LogP contribution >= 0.6 is 11.8 Å². The minimum Gasteiger partial charge on any atom is -0.493 e. The standard InChI is InChI=1S/C22H28N2O3S/c1-4-17-6-5-7-19(24-15-17)12-13-27-20-10-8-18(9-11-20)14-22(2,28-16-25)21(26)23-3/h5-6,8-11,15-16H,4,7,12-14H2,1-3H3,(H,23,26). The third-order valence-electron chi connectivity index (χ3n) is 4.65. The SMILES string of the molecule is CCC1=CN=C(CCOc2ccc(CC(C)(SC=O)C(=O)NC)cc2)CC=C1. The molecule has 0 aromatic heterocycles. The molecule has 2 rings (SSSR count). The lowest BCUT2D eigenvalue weighted by molar-refractivity contribution is -0.122. The van der Waals surface area contributed by atoms with Crippen LogP contribution in [-0.4, -0.2) is 35.6 Å². The van der Waals surface area contributed by atoms with E-state index in [0.717, 1.165) is 53.7 Å². The van der Waals surface area contributed by atoms with E-state index in [-0.39, 0.29) is 5.91 Å². The average molecular weight is 401 g/mol. The number of nitrogens with one attached hydrogen (secondary N) is 1. The molecule has 1 aromatic carbocycles. The minimum absolute atomic E-state index is 0.163. The lowest BCUT2D eigenvalue weighted by Crippen LogP contribution is -2.42. The second-order valence-corrected chi connectivity index (χ2v) is 8.13. The first kappa shape index (κ1) is 22.0. The van der Waals surface area contributed by atoms with Gasteiger partial charge in [-0.3, -0.25) is 14.6 Å². The van der Waals surface area contributed by atoms with Crippen LogP contribution in [0, 0.1) is 0 Å². The predicted octanol–water partition coefficient (Wildman–Crippen LogP) is 4.12. The van der Waals surface area contributed by atoms with Gasteiger partial charge in [0.2, 0.25) is 5.91 Å². The van der Waals surface area contributed by atoms with Crippen LogP contribution in [0.1, 0.15) is 38.7 Å². The number of hydrogen-bond acceptors (Lipinski definition) is 5. The molecular weight excluding hydrogens is 372 g/mol. The van der Waals surface area contributed by atoms with Crippen LogP contribution in [0.4, 0.5) is 0 Å². The van der Waals surface area contributed by atoms with Crippen molar-refractivity contribution in [2.45, 2.75) is 44.3 Å². The fourth-order valence-electron chi connectivity index (χ4n) is 2.92. The number of nitrogens with zero attached hydrogens (tertiary/aromatic N) is 1. The highest BCUT2D eigenvalue weighted by Crippen LogP contribution is 2.28. The fourth-order valence-corrected chi connectivity index (χ4v) is 3.59. The van der Waals surface area contributed by atoms with E-state index in [1.807, 2.05) is 30.5 Å². The van der Waals surface area contributed by atoms with Crippen LogP contribution < -0.4 is 10.1 Å². The molecule has 0 spiro atoms. The number of ether oxygens (including phenoxy) is 1. The summed E-state index contributed by atoms with van der Waals surface area (Å²) >= 11 is 0.996. The van der Waals surface area contributed by atoms with Gasteiger partial charge in [0.15, 0.2) is 5.62 Å². The number of carbonyl (C=O) groups is 2. The monoisotopic (exact) mass is 400 g/mol. The molecule has 150 valence electrons. The molecule has 1 heterocycles. The second kappa shape index (κ2) is 10.9. The van der Waals surface area contributed by atoms with E-state index in [4.69, 9.17) is 4.74 Å². The molecule has 1 aliphatic heterocycles. The van der Waals surface area contributed by atoms with Crippen molar-refractivity contribution in [1.29, 1.82) is 0 Å². The highest BCUT2D eigenvalue weighted by Gasteiger charge is 2.33. The van der Waals surface area contributed by atoms with Crippen LogP contribution in [0.3, 0.4) is 0 Å². The molecule has 0 aliphatic carbocycles. The molecule has 0 bridgehead atoms.